The highest BCUT2D eigenvalue weighted by molar-refractivity contribution is 5.74. The second kappa shape index (κ2) is 5.09. The smallest absolute Gasteiger partial charge is 0.243 e. The molecule has 0 amide bonds. The molecular formula is C14H18N4O. The highest BCUT2D eigenvalue weighted by atomic mass is 16.5. The minimum absolute atomic E-state index is 0.380. The number of hydrogen-bond acceptors (Lipinski definition) is 5. The molecule has 1 heterocycles. The number of fused-ring (bicyclic) bond motifs is 1. The van der Waals surface area contributed by atoms with Crippen LogP contribution in [0.1, 0.15) is 19.3 Å². The maximum Gasteiger partial charge on any atom is 0.243 e. The molecule has 1 saturated carbocycles. The van der Waals surface area contributed by atoms with Crippen molar-refractivity contribution in [3.8, 4) is 0 Å². The molecule has 0 aliphatic heterocycles. The van der Waals surface area contributed by atoms with Gasteiger partial charge in [-0.3, -0.25) is 0 Å². The summed E-state index contributed by atoms with van der Waals surface area (Å²) in [6.07, 6.45) is 3.60. The molecule has 5 nitrogen and oxygen atoms in total. The van der Waals surface area contributed by atoms with Crippen molar-refractivity contribution in [1.29, 1.82) is 0 Å². The van der Waals surface area contributed by atoms with Crippen LogP contribution in [-0.2, 0) is 4.74 Å². The Morgan fingerprint density at radius 1 is 1.21 bits per heavy atom. The SMILES string of the molecule is COCCC1(CNc2nnc3ccccc3n2)CC1. The number of para-hydroxylation sites is 1. The molecule has 0 unspecified atom stereocenters. The highest BCUT2D eigenvalue weighted by Gasteiger charge is 2.41. The molecule has 0 saturated heterocycles. The van der Waals surface area contributed by atoms with Gasteiger partial charge in [-0.25, -0.2) is 4.98 Å². The minimum Gasteiger partial charge on any atom is -0.385 e. The van der Waals surface area contributed by atoms with Gasteiger partial charge in [0.25, 0.3) is 0 Å². The van der Waals surface area contributed by atoms with Gasteiger partial charge in [0.2, 0.25) is 5.95 Å². The monoisotopic (exact) mass is 258 g/mol. The molecule has 1 aromatic carbocycles. The van der Waals surface area contributed by atoms with E-state index in [2.05, 4.69) is 20.5 Å². The van der Waals surface area contributed by atoms with Crippen LogP contribution in [0.3, 0.4) is 0 Å². The van der Waals surface area contributed by atoms with Gasteiger partial charge in [0, 0.05) is 20.3 Å². The third-order valence-electron chi connectivity index (χ3n) is 3.78. The molecule has 100 valence electrons. The second-order valence-corrected chi connectivity index (χ2v) is 5.22. The van der Waals surface area contributed by atoms with Gasteiger partial charge in [0.05, 0.1) is 5.52 Å². The molecule has 1 aliphatic carbocycles. The number of ether oxygens (including phenoxy) is 1. The summed E-state index contributed by atoms with van der Waals surface area (Å²) in [6.45, 7) is 1.72. The summed E-state index contributed by atoms with van der Waals surface area (Å²) in [5.74, 6) is 0.613. The Morgan fingerprint density at radius 3 is 2.74 bits per heavy atom. The van der Waals surface area contributed by atoms with Crippen LogP contribution in [0.5, 0.6) is 0 Å². The van der Waals surface area contributed by atoms with Crippen LogP contribution in [0.2, 0.25) is 0 Å². The van der Waals surface area contributed by atoms with E-state index in [0.29, 0.717) is 11.4 Å². The van der Waals surface area contributed by atoms with Crippen molar-refractivity contribution in [2.45, 2.75) is 19.3 Å². The third-order valence-corrected chi connectivity index (χ3v) is 3.78. The molecule has 2 aromatic rings. The fourth-order valence-electron chi connectivity index (χ4n) is 2.23. The first-order valence-electron chi connectivity index (χ1n) is 6.64. The fourth-order valence-corrected chi connectivity index (χ4v) is 2.23. The zero-order chi connectivity index (χ0) is 13.1. The van der Waals surface area contributed by atoms with Gasteiger partial charge in [0.15, 0.2) is 0 Å². The number of rotatable bonds is 6. The normalized spacial score (nSPS) is 16.5. The lowest BCUT2D eigenvalue weighted by atomic mass is 10.0. The Morgan fingerprint density at radius 2 is 2.00 bits per heavy atom. The molecule has 1 N–H and O–H groups in total. The summed E-state index contributed by atoms with van der Waals surface area (Å²) in [4.78, 5) is 4.47. The topological polar surface area (TPSA) is 59.9 Å². The lowest BCUT2D eigenvalue weighted by molar-refractivity contribution is 0.174. The summed E-state index contributed by atoms with van der Waals surface area (Å²) in [7, 11) is 1.75. The number of nitrogens with one attached hydrogen (secondary N) is 1. The van der Waals surface area contributed by atoms with E-state index in [-0.39, 0.29) is 0 Å². The average Bonchev–Trinajstić information content (AvgIpc) is 3.23. The highest BCUT2D eigenvalue weighted by Crippen LogP contribution is 2.48. The molecule has 5 heteroatoms. The summed E-state index contributed by atoms with van der Waals surface area (Å²) in [5.41, 5.74) is 2.08. The minimum atomic E-state index is 0.380. The van der Waals surface area contributed by atoms with E-state index in [9.17, 15) is 0 Å². The zero-order valence-electron chi connectivity index (χ0n) is 11.1. The van der Waals surface area contributed by atoms with Gasteiger partial charge < -0.3 is 10.1 Å². The second-order valence-electron chi connectivity index (χ2n) is 5.22. The Hall–Kier alpha value is -1.75. The maximum atomic E-state index is 5.16. The number of nitrogens with zero attached hydrogens (tertiary/aromatic N) is 3. The first-order valence-corrected chi connectivity index (χ1v) is 6.64. The van der Waals surface area contributed by atoms with Gasteiger partial charge in [-0.15, -0.1) is 10.2 Å². The van der Waals surface area contributed by atoms with Gasteiger partial charge >= 0.3 is 0 Å². The van der Waals surface area contributed by atoms with Crippen LogP contribution < -0.4 is 5.32 Å². The Labute approximate surface area is 112 Å². The predicted octanol–water partition coefficient (Wildman–Crippen LogP) is 2.25. The molecule has 0 radical (unpaired) electrons. The number of anilines is 1. The van der Waals surface area contributed by atoms with E-state index in [4.69, 9.17) is 4.74 Å². The Balaban J connectivity index is 1.65. The molecule has 0 spiro atoms. The first kappa shape index (κ1) is 12.3. The Kier molecular flexibility index (Phi) is 3.29. The number of aromatic nitrogens is 3. The van der Waals surface area contributed by atoms with Gasteiger partial charge in [0.1, 0.15) is 5.52 Å². The summed E-state index contributed by atoms with van der Waals surface area (Å²) < 4.78 is 5.16. The summed E-state index contributed by atoms with van der Waals surface area (Å²) >= 11 is 0. The van der Waals surface area contributed by atoms with Gasteiger partial charge in [-0.2, -0.15) is 0 Å². The molecule has 19 heavy (non-hydrogen) atoms. The van der Waals surface area contributed by atoms with Crippen molar-refractivity contribution in [1.82, 2.24) is 15.2 Å². The van der Waals surface area contributed by atoms with Crippen LogP contribution in [0.25, 0.3) is 11.0 Å². The quantitative estimate of drug-likeness (QED) is 0.861. The molecular weight excluding hydrogens is 240 g/mol. The zero-order valence-corrected chi connectivity index (χ0v) is 11.1. The first-order chi connectivity index (χ1) is 9.31. The van der Waals surface area contributed by atoms with Gasteiger partial charge in [-0.05, 0) is 36.8 Å². The lowest BCUT2D eigenvalue weighted by Gasteiger charge is -2.15. The van der Waals surface area contributed by atoms with Crippen molar-refractivity contribution in [3.05, 3.63) is 24.3 Å². The molecule has 0 atom stereocenters. The molecule has 1 aliphatic rings. The van der Waals surface area contributed by atoms with E-state index in [1.54, 1.807) is 7.11 Å². The number of hydrogen-bond donors (Lipinski definition) is 1. The van der Waals surface area contributed by atoms with E-state index >= 15 is 0 Å². The van der Waals surface area contributed by atoms with Crippen molar-refractivity contribution in [2.75, 3.05) is 25.6 Å². The molecule has 3 rings (SSSR count). The molecule has 0 bridgehead atoms. The molecule has 1 fully saturated rings. The van der Waals surface area contributed by atoms with Crippen molar-refractivity contribution in [2.24, 2.45) is 5.41 Å². The third kappa shape index (κ3) is 2.81. The summed E-state index contributed by atoms with van der Waals surface area (Å²) in [6, 6.07) is 7.77. The van der Waals surface area contributed by atoms with Crippen molar-refractivity contribution >= 4 is 17.0 Å². The number of benzene rings is 1. The Bertz CT molecular complexity index is 568. The number of methoxy groups -OCH3 is 1. The van der Waals surface area contributed by atoms with E-state index in [0.717, 1.165) is 30.6 Å². The van der Waals surface area contributed by atoms with Crippen molar-refractivity contribution in [3.63, 3.8) is 0 Å². The van der Waals surface area contributed by atoms with Crippen LogP contribution in [-0.4, -0.2) is 35.4 Å². The van der Waals surface area contributed by atoms with Crippen LogP contribution in [0.4, 0.5) is 5.95 Å². The fraction of sp³-hybridized carbons (Fsp3) is 0.500. The van der Waals surface area contributed by atoms with Crippen molar-refractivity contribution < 1.29 is 4.74 Å². The van der Waals surface area contributed by atoms with Crippen LogP contribution in [0, 0.1) is 5.41 Å². The van der Waals surface area contributed by atoms with E-state index < -0.39 is 0 Å². The maximum absolute atomic E-state index is 5.16. The standard InChI is InChI=1S/C14H18N4O/c1-19-9-8-14(6-7-14)10-15-13-16-11-4-2-3-5-12(11)17-18-13/h2-5H,6-10H2,1H3,(H,15,16,18). The summed E-state index contributed by atoms with van der Waals surface area (Å²) in [5, 5.41) is 11.6. The van der Waals surface area contributed by atoms with Crippen LogP contribution in [0.15, 0.2) is 24.3 Å². The average molecular weight is 258 g/mol. The van der Waals surface area contributed by atoms with Gasteiger partial charge in [-0.1, -0.05) is 12.1 Å². The largest absolute Gasteiger partial charge is 0.385 e. The van der Waals surface area contributed by atoms with Crippen LogP contribution >= 0.6 is 0 Å². The lowest BCUT2D eigenvalue weighted by Crippen LogP contribution is -2.18. The van der Waals surface area contributed by atoms with E-state index in [1.807, 2.05) is 24.3 Å². The predicted molar refractivity (Wildman–Crippen MR) is 74.0 cm³/mol. The molecule has 1 aromatic heterocycles. The van der Waals surface area contributed by atoms with E-state index in [1.165, 1.54) is 12.8 Å².